The molecule has 1 atom stereocenters. The third kappa shape index (κ3) is 3.59. The summed E-state index contributed by atoms with van der Waals surface area (Å²) in [5.41, 5.74) is 1.34. The van der Waals surface area contributed by atoms with Crippen molar-refractivity contribution >= 4 is 21.6 Å². The van der Waals surface area contributed by atoms with Crippen LogP contribution in [0, 0.1) is 17.0 Å². The lowest BCUT2D eigenvalue weighted by Crippen LogP contribution is -1.98. The molecule has 0 heterocycles. The van der Waals surface area contributed by atoms with Crippen LogP contribution in [0.5, 0.6) is 11.5 Å². The SMILES string of the molecule is Cc1ccc(Oc2ccc([C@H](C)O)cc2[N+](=O)[O-])c(Br)c1. The summed E-state index contributed by atoms with van der Waals surface area (Å²) in [7, 11) is 0. The van der Waals surface area contributed by atoms with Crippen molar-refractivity contribution in [3.05, 3.63) is 62.1 Å². The average Bonchev–Trinajstić information content (AvgIpc) is 2.41. The highest BCUT2D eigenvalue weighted by Crippen LogP contribution is 2.36. The molecule has 0 radical (unpaired) electrons. The lowest BCUT2D eigenvalue weighted by atomic mass is 10.1. The Morgan fingerprint density at radius 3 is 2.48 bits per heavy atom. The average molecular weight is 352 g/mol. The molecular formula is C15H14BrNO4. The van der Waals surface area contributed by atoms with E-state index in [4.69, 9.17) is 4.74 Å². The van der Waals surface area contributed by atoms with Gasteiger partial charge in [-0.15, -0.1) is 0 Å². The molecule has 5 nitrogen and oxygen atoms in total. The molecule has 0 aromatic heterocycles. The van der Waals surface area contributed by atoms with Gasteiger partial charge in [-0.3, -0.25) is 10.1 Å². The van der Waals surface area contributed by atoms with E-state index in [0.717, 1.165) is 10.0 Å². The Morgan fingerprint density at radius 1 is 1.24 bits per heavy atom. The van der Waals surface area contributed by atoms with Gasteiger partial charge >= 0.3 is 5.69 Å². The zero-order valence-electron chi connectivity index (χ0n) is 11.5. The van der Waals surface area contributed by atoms with Crippen molar-refractivity contribution in [1.29, 1.82) is 0 Å². The molecule has 2 rings (SSSR count). The third-order valence-corrected chi connectivity index (χ3v) is 3.59. The molecule has 0 aliphatic carbocycles. The number of aliphatic hydroxyl groups is 1. The van der Waals surface area contributed by atoms with Crippen LogP contribution in [0.3, 0.4) is 0 Å². The second kappa shape index (κ2) is 6.24. The number of hydrogen-bond acceptors (Lipinski definition) is 4. The third-order valence-electron chi connectivity index (χ3n) is 2.97. The molecular weight excluding hydrogens is 338 g/mol. The van der Waals surface area contributed by atoms with Crippen LogP contribution in [-0.2, 0) is 0 Å². The normalized spacial score (nSPS) is 12.0. The molecule has 21 heavy (non-hydrogen) atoms. The minimum atomic E-state index is -0.774. The molecule has 0 aliphatic rings. The Morgan fingerprint density at radius 2 is 1.90 bits per heavy atom. The minimum Gasteiger partial charge on any atom is -0.449 e. The van der Waals surface area contributed by atoms with Gasteiger partial charge < -0.3 is 9.84 Å². The molecule has 0 saturated heterocycles. The maximum Gasteiger partial charge on any atom is 0.311 e. The molecule has 2 aromatic rings. The van der Waals surface area contributed by atoms with E-state index >= 15 is 0 Å². The van der Waals surface area contributed by atoms with Crippen LogP contribution >= 0.6 is 15.9 Å². The molecule has 0 aliphatic heterocycles. The summed E-state index contributed by atoms with van der Waals surface area (Å²) in [4.78, 5) is 10.6. The molecule has 2 aromatic carbocycles. The number of nitrogens with zero attached hydrogens (tertiary/aromatic N) is 1. The van der Waals surface area contributed by atoms with Crippen LogP contribution in [0.1, 0.15) is 24.2 Å². The summed E-state index contributed by atoms with van der Waals surface area (Å²) < 4.78 is 6.34. The molecule has 0 unspecified atom stereocenters. The number of hydrogen-bond donors (Lipinski definition) is 1. The number of halogens is 1. The van der Waals surface area contributed by atoms with Gasteiger partial charge in [0.25, 0.3) is 0 Å². The van der Waals surface area contributed by atoms with Gasteiger partial charge in [-0.2, -0.15) is 0 Å². The van der Waals surface area contributed by atoms with Crippen molar-refractivity contribution in [3.63, 3.8) is 0 Å². The Hall–Kier alpha value is -1.92. The summed E-state index contributed by atoms with van der Waals surface area (Å²) in [6, 6.07) is 9.89. The second-order valence-corrected chi connectivity index (χ2v) is 5.55. The van der Waals surface area contributed by atoms with Crippen LogP contribution in [0.25, 0.3) is 0 Å². The first-order valence-electron chi connectivity index (χ1n) is 6.29. The van der Waals surface area contributed by atoms with Crippen molar-refractivity contribution < 1.29 is 14.8 Å². The van der Waals surface area contributed by atoms with Gasteiger partial charge in [0, 0.05) is 6.07 Å². The van der Waals surface area contributed by atoms with Crippen LogP contribution in [0.2, 0.25) is 0 Å². The lowest BCUT2D eigenvalue weighted by Gasteiger charge is -2.11. The Bertz CT molecular complexity index is 685. The second-order valence-electron chi connectivity index (χ2n) is 4.70. The summed E-state index contributed by atoms with van der Waals surface area (Å²) >= 11 is 3.37. The lowest BCUT2D eigenvalue weighted by molar-refractivity contribution is -0.385. The van der Waals surface area contributed by atoms with Gasteiger partial charge in [0.15, 0.2) is 0 Å². The highest BCUT2D eigenvalue weighted by atomic mass is 79.9. The number of rotatable bonds is 4. The standard InChI is InChI=1S/C15H14BrNO4/c1-9-3-5-14(12(16)7-9)21-15-6-4-11(10(2)18)8-13(15)17(19)20/h3-8,10,18H,1-2H3/t10-/m0/s1. The van der Waals surface area contributed by atoms with Crippen LogP contribution in [0.4, 0.5) is 5.69 Å². The first-order chi connectivity index (χ1) is 9.88. The van der Waals surface area contributed by atoms with Crippen molar-refractivity contribution in [2.24, 2.45) is 0 Å². The molecule has 0 fully saturated rings. The monoisotopic (exact) mass is 351 g/mol. The van der Waals surface area contributed by atoms with E-state index in [1.165, 1.54) is 12.1 Å². The van der Waals surface area contributed by atoms with Gasteiger partial charge in [-0.05, 0) is 59.1 Å². The molecule has 0 bridgehead atoms. The Labute approximate surface area is 130 Å². The first-order valence-corrected chi connectivity index (χ1v) is 7.08. The highest BCUT2D eigenvalue weighted by Gasteiger charge is 2.19. The Balaban J connectivity index is 2.41. The number of ether oxygens (including phenoxy) is 1. The number of aliphatic hydroxyl groups excluding tert-OH is 1. The number of aryl methyl sites for hydroxylation is 1. The fourth-order valence-corrected chi connectivity index (χ4v) is 2.40. The van der Waals surface area contributed by atoms with E-state index in [0.29, 0.717) is 11.3 Å². The van der Waals surface area contributed by atoms with E-state index in [1.54, 1.807) is 19.1 Å². The molecule has 0 spiro atoms. The fourth-order valence-electron chi connectivity index (χ4n) is 1.83. The van der Waals surface area contributed by atoms with Crippen molar-refractivity contribution in [2.45, 2.75) is 20.0 Å². The summed E-state index contributed by atoms with van der Waals surface area (Å²) in [5.74, 6) is 0.627. The predicted octanol–water partition coefficient (Wildman–Crippen LogP) is 4.51. The smallest absolute Gasteiger partial charge is 0.311 e. The zero-order valence-corrected chi connectivity index (χ0v) is 13.1. The quantitative estimate of drug-likeness (QED) is 0.649. The Kier molecular flexibility index (Phi) is 4.59. The molecule has 1 N–H and O–H groups in total. The van der Waals surface area contributed by atoms with Crippen molar-refractivity contribution in [3.8, 4) is 11.5 Å². The molecule has 0 saturated carbocycles. The number of benzene rings is 2. The summed E-state index contributed by atoms with van der Waals surface area (Å²) in [6.07, 6.45) is -0.774. The molecule has 0 amide bonds. The van der Waals surface area contributed by atoms with E-state index < -0.39 is 11.0 Å². The molecule has 110 valence electrons. The van der Waals surface area contributed by atoms with Gasteiger partial charge in [-0.1, -0.05) is 12.1 Å². The fraction of sp³-hybridized carbons (Fsp3) is 0.200. The van der Waals surface area contributed by atoms with E-state index in [1.807, 2.05) is 19.1 Å². The minimum absolute atomic E-state index is 0.133. The number of nitro groups is 1. The maximum absolute atomic E-state index is 11.2. The predicted molar refractivity (Wildman–Crippen MR) is 82.7 cm³/mol. The zero-order chi connectivity index (χ0) is 15.6. The summed E-state index contributed by atoms with van der Waals surface area (Å²) in [5, 5.41) is 20.7. The van der Waals surface area contributed by atoms with E-state index in [2.05, 4.69) is 15.9 Å². The van der Waals surface area contributed by atoms with Crippen LogP contribution < -0.4 is 4.74 Å². The van der Waals surface area contributed by atoms with Gasteiger partial charge in [-0.25, -0.2) is 0 Å². The van der Waals surface area contributed by atoms with Gasteiger partial charge in [0.2, 0.25) is 5.75 Å². The maximum atomic E-state index is 11.2. The van der Waals surface area contributed by atoms with Crippen molar-refractivity contribution in [2.75, 3.05) is 0 Å². The van der Waals surface area contributed by atoms with E-state index in [9.17, 15) is 15.2 Å². The van der Waals surface area contributed by atoms with Crippen LogP contribution in [0.15, 0.2) is 40.9 Å². The first kappa shape index (κ1) is 15.5. The van der Waals surface area contributed by atoms with Crippen molar-refractivity contribution in [1.82, 2.24) is 0 Å². The molecule has 6 heteroatoms. The van der Waals surface area contributed by atoms with Gasteiger partial charge in [0.1, 0.15) is 5.75 Å². The largest absolute Gasteiger partial charge is 0.449 e. The highest BCUT2D eigenvalue weighted by molar-refractivity contribution is 9.10. The summed E-state index contributed by atoms with van der Waals surface area (Å²) in [6.45, 7) is 3.49. The number of nitro benzene ring substituents is 1. The van der Waals surface area contributed by atoms with E-state index in [-0.39, 0.29) is 11.4 Å². The van der Waals surface area contributed by atoms with Gasteiger partial charge in [0.05, 0.1) is 15.5 Å². The van der Waals surface area contributed by atoms with Crippen LogP contribution in [-0.4, -0.2) is 10.0 Å². The topological polar surface area (TPSA) is 72.6 Å².